The van der Waals surface area contributed by atoms with Gasteiger partial charge in [-0.2, -0.15) is 65.9 Å². The molecule has 12 fully saturated rings. The molecule has 8 aliphatic heterocycles. The Hall–Kier alpha value is -5.96. The van der Waals surface area contributed by atoms with Gasteiger partial charge in [-0.05, 0) is 160 Å². The van der Waals surface area contributed by atoms with Gasteiger partial charge in [0.2, 0.25) is 23.6 Å². The van der Waals surface area contributed by atoms with Crippen molar-refractivity contribution in [1.82, 2.24) is 0 Å². The van der Waals surface area contributed by atoms with E-state index in [1.54, 1.807) is 34.6 Å². The van der Waals surface area contributed by atoms with E-state index in [2.05, 4.69) is 0 Å². The standard InChI is InChI=1S/C27H41F3O9Si.C21H27F3O10.C18H25F9O4.C14H20O4/c1-8-24(2,3)23(33)36-18-16-17(34-21(18)32)19-22(35-16)39-26(37-19)11-9-15(10-12-26)20(31)38-25(4,27(28,29)30)13-14-40(5,6)7;1-5-19(3,4)18(27)32-13-11-12(30-16(13)26)14-17(31-11)34-20(33-14)8-29-15(25)10(20)6-7-28-9(2)21(22,23)24;1-5-13(2,3)12(28)31-11-7-9(14(4,29)16(19,20)21)6-10(8-11)15(30,17(22,23)24)18(25,26)27;1-4-14(2,3)13(16)18-10-7-5-8-9(6-7)12(15)17-11(8)10/h15-19,22H,8-14H2,1-7H3;9-14,17H,5-8H2,1-4H3;9-11,29-30H,5-8H2,1-4H3;7-11H,4-6H2,1-3H3. The van der Waals surface area contributed by atoms with Crippen LogP contribution in [-0.4, -0.2) is 230 Å². The average Bonchev–Trinajstić information content (AvgIpc) is 1.69. The normalized spacial score (nSPS) is 34.7. The molecule has 23 unspecified atom stereocenters. The Morgan fingerprint density at radius 3 is 1.42 bits per heavy atom. The van der Waals surface area contributed by atoms with Gasteiger partial charge >= 0.3 is 84.6 Å². The maximum absolute atomic E-state index is 13.9. The highest BCUT2D eigenvalue weighted by molar-refractivity contribution is 6.76. The third-order valence-electron chi connectivity index (χ3n) is 26.8. The fraction of sp³-hybridized carbons (Fsp3) is 0.887. The van der Waals surface area contributed by atoms with Crippen LogP contribution in [0.3, 0.4) is 0 Å². The predicted molar refractivity (Wildman–Crippen MR) is 390 cm³/mol. The molecule has 12 rings (SSSR count). The number of esters is 9. The van der Waals surface area contributed by atoms with Gasteiger partial charge in [0.05, 0.1) is 33.5 Å². The first-order valence-corrected chi connectivity index (χ1v) is 45.0. The van der Waals surface area contributed by atoms with E-state index in [9.17, 15) is 119 Å². The van der Waals surface area contributed by atoms with Crippen LogP contribution >= 0.6 is 0 Å². The molecule has 0 aromatic carbocycles. The highest BCUT2D eigenvalue weighted by Gasteiger charge is 2.76. The summed E-state index contributed by atoms with van der Waals surface area (Å²) < 4.78 is 288. The van der Waals surface area contributed by atoms with Gasteiger partial charge in [0.25, 0.3) is 5.60 Å². The smallest absolute Gasteiger partial charge is 0.428 e. The number of cyclic esters (lactones) is 1. The minimum Gasteiger partial charge on any atom is -0.462 e. The Bertz CT molecular complexity index is 3840. The molecule has 0 aromatic heterocycles. The molecule has 2 spiro atoms. The summed E-state index contributed by atoms with van der Waals surface area (Å²) in [5.74, 6) is -14.4. The van der Waals surface area contributed by atoms with Gasteiger partial charge in [-0.3, -0.25) is 33.6 Å². The van der Waals surface area contributed by atoms with Crippen molar-refractivity contribution in [2.45, 2.75) is 371 Å². The highest BCUT2D eigenvalue weighted by atomic mass is 28.3. The zero-order chi connectivity index (χ0) is 92.9. The Labute approximate surface area is 701 Å². The number of carbonyl (C=O) groups is 9. The number of fused-ring (bicyclic) bond motifs is 7. The minimum absolute atomic E-state index is 0.0779. The number of halogens is 15. The van der Waals surface area contributed by atoms with Gasteiger partial charge in [0, 0.05) is 51.2 Å². The zero-order valence-corrected chi connectivity index (χ0v) is 72.6. The van der Waals surface area contributed by atoms with Gasteiger partial charge in [0.15, 0.2) is 54.5 Å². The number of rotatable bonds is 23. The van der Waals surface area contributed by atoms with Crippen LogP contribution in [0.1, 0.15) is 200 Å². The summed E-state index contributed by atoms with van der Waals surface area (Å²) >= 11 is 0. The number of hydrogen-bond acceptors (Lipinski definition) is 27. The lowest BCUT2D eigenvalue weighted by Gasteiger charge is -2.47. The van der Waals surface area contributed by atoms with Crippen molar-refractivity contribution in [1.29, 1.82) is 0 Å². The maximum atomic E-state index is 13.9. The van der Waals surface area contributed by atoms with E-state index in [1.165, 1.54) is 13.8 Å². The molecule has 0 amide bonds. The molecule has 4 saturated carbocycles. The van der Waals surface area contributed by atoms with Gasteiger partial charge < -0.3 is 86.0 Å². The van der Waals surface area contributed by atoms with E-state index >= 15 is 0 Å². The molecular weight excluding hydrogens is 1710 g/mol. The van der Waals surface area contributed by atoms with E-state index in [-0.39, 0.29) is 88.5 Å². The van der Waals surface area contributed by atoms with Gasteiger partial charge in [-0.15, -0.1) is 0 Å². The van der Waals surface area contributed by atoms with Crippen LogP contribution in [0.25, 0.3) is 0 Å². The van der Waals surface area contributed by atoms with Crippen molar-refractivity contribution in [3.63, 3.8) is 0 Å². The number of carbonyl (C=O) groups excluding carboxylic acids is 9. The third kappa shape index (κ3) is 20.7. The van der Waals surface area contributed by atoms with Crippen molar-refractivity contribution in [2.75, 3.05) is 13.2 Å². The van der Waals surface area contributed by atoms with Crippen LogP contribution < -0.4 is 0 Å². The van der Waals surface area contributed by atoms with Gasteiger partial charge in [-0.25, -0.2) is 9.59 Å². The lowest BCUT2D eigenvalue weighted by Crippen LogP contribution is -2.64. The van der Waals surface area contributed by atoms with Crippen LogP contribution in [0.15, 0.2) is 0 Å². The third-order valence-corrected chi connectivity index (χ3v) is 28.5. The highest BCUT2D eigenvalue weighted by Crippen LogP contribution is 2.59. The van der Waals surface area contributed by atoms with Crippen LogP contribution in [0.5, 0.6) is 0 Å². The fourth-order valence-electron chi connectivity index (χ4n) is 16.4. The summed E-state index contributed by atoms with van der Waals surface area (Å²) in [4.78, 5) is 111. The number of ether oxygens (including phenoxy) is 16. The summed E-state index contributed by atoms with van der Waals surface area (Å²) in [5, 5.41) is 19.6. The number of alkyl halides is 15. The summed E-state index contributed by atoms with van der Waals surface area (Å²) in [6.07, 6.45) is -40.4. The monoisotopic (exact) mass is 1820 g/mol. The van der Waals surface area contributed by atoms with E-state index in [0.717, 1.165) is 33.1 Å². The summed E-state index contributed by atoms with van der Waals surface area (Å²) in [5.41, 5.74) is -14.8. The number of hydrogen-bond donors (Lipinski definition) is 2. The quantitative estimate of drug-likeness (QED) is 0.0415. The second kappa shape index (κ2) is 35.5. The summed E-state index contributed by atoms with van der Waals surface area (Å²) in [6.45, 7) is 27.8. The minimum atomic E-state index is -6.28. The molecular formula is C80H113F15O27Si. The molecule has 2 N–H and O–H groups in total. The molecule has 2 bridgehead atoms. The fourth-order valence-corrected chi connectivity index (χ4v) is 17.6. The molecule has 123 heavy (non-hydrogen) atoms. The molecule has 8 heterocycles. The van der Waals surface area contributed by atoms with Crippen molar-refractivity contribution in [3.05, 3.63) is 0 Å². The lowest BCUT2D eigenvalue weighted by atomic mass is 9.66. The van der Waals surface area contributed by atoms with Crippen LogP contribution in [0.2, 0.25) is 25.7 Å². The van der Waals surface area contributed by atoms with Crippen molar-refractivity contribution < 1.29 is 195 Å². The topological polar surface area (TPSA) is 342 Å². The van der Waals surface area contributed by atoms with Crippen molar-refractivity contribution in [2.24, 2.45) is 63.1 Å². The van der Waals surface area contributed by atoms with E-state index < -0.39 is 254 Å². The molecule has 23 atom stereocenters. The van der Waals surface area contributed by atoms with Crippen LogP contribution in [0.4, 0.5) is 65.9 Å². The Morgan fingerprint density at radius 2 is 0.967 bits per heavy atom. The Balaban J connectivity index is 0.000000191. The van der Waals surface area contributed by atoms with Crippen LogP contribution in [0, 0.1) is 63.1 Å². The molecule has 8 saturated heterocycles. The Kier molecular flexibility index (Phi) is 29.1. The summed E-state index contributed by atoms with van der Waals surface area (Å²) in [7, 11) is -1.80. The van der Waals surface area contributed by atoms with E-state index in [1.807, 2.05) is 54.3 Å². The van der Waals surface area contributed by atoms with Gasteiger partial charge in [0.1, 0.15) is 43.0 Å². The number of aliphatic hydroxyl groups is 2. The van der Waals surface area contributed by atoms with Gasteiger partial charge in [-0.1, -0.05) is 53.4 Å². The van der Waals surface area contributed by atoms with Crippen molar-refractivity contribution in [3.8, 4) is 0 Å². The average molecular weight is 1820 g/mol. The van der Waals surface area contributed by atoms with Crippen LogP contribution in [-0.2, 0) is 119 Å². The zero-order valence-electron chi connectivity index (χ0n) is 71.6. The first-order chi connectivity index (χ1) is 56.0. The first-order valence-electron chi connectivity index (χ1n) is 41.3. The maximum Gasteiger partial charge on any atom is 0.428 e. The molecule has 12 aliphatic rings. The second-order valence-corrected chi connectivity index (χ2v) is 43.9. The second-order valence-electron chi connectivity index (χ2n) is 38.3. The SMILES string of the molecule is CCC(C)(C)C(=O)OC1C(=O)OC2C3OC4(CCC(C(=O)OC(C)(CC[Si](C)(C)C)C(F)(F)F)CC4)OC3OC12.CCC(C)(C)C(=O)OC1C(=O)OC2C3OC4(COC(=O)C4CCOC(C)C(F)(F)F)OC3OC12.CCC(C)(C)C(=O)OC1C2CC3C(=O)OC1C3C2.CCC(C)(C)C(=O)OC1CC(C(C)(O)C(F)(F)F)CC(C(O)(C(F)(F)F)C(F)(F)F)C1. The Morgan fingerprint density at radius 1 is 0.512 bits per heavy atom. The molecule has 704 valence electrons. The molecule has 27 nitrogen and oxygen atoms in total. The molecule has 4 aliphatic carbocycles. The van der Waals surface area contributed by atoms with Crippen molar-refractivity contribution >= 4 is 61.8 Å². The summed E-state index contributed by atoms with van der Waals surface area (Å²) in [6, 6.07) is 0.373. The van der Waals surface area contributed by atoms with E-state index in [0.29, 0.717) is 30.7 Å². The predicted octanol–water partition coefficient (Wildman–Crippen LogP) is 13.3. The molecule has 0 aromatic rings. The van der Waals surface area contributed by atoms with E-state index in [4.69, 9.17) is 75.8 Å². The molecule has 0 radical (unpaired) electrons. The largest absolute Gasteiger partial charge is 0.462 e. The molecule has 43 heteroatoms. The first kappa shape index (κ1) is 101. The lowest BCUT2D eigenvalue weighted by molar-refractivity contribution is -0.391.